The molecule has 0 radical (unpaired) electrons. The van der Waals surface area contributed by atoms with Crippen LogP contribution in [0.1, 0.15) is 40.3 Å². The number of alkyl halides is 3. The first-order valence-corrected chi connectivity index (χ1v) is 8.92. The van der Waals surface area contributed by atoms with Crippen LogP contribution < -0.4 is 10.2 Å². The van der Waals surface area contributed by atoms with Crippen molar-refractivity contribution in [2.45, 2.75) is 46.4 Å². The Hall–Kier alpha value is -1.90. The van der Waals surface area contributed by atoms with E-state index in [-0.39, 0.29) is 30.9 Å². The number of nitrogens with one attached hydrogen (secondary N) is 1. The average molecular weight is 388 g/mol. The van der Waals surface area contributed by atoms with E-state index >= 15 is 0 Å². The highest BCUT2D eigenvalue weighted by Crippen LogP contribution is 2.29. The predicted molar refractivity (Wildman–Crippen MR) is 95.2 cm³/mol. The van der Waals surface area contributed by atoms with Crippen LogP contribution in [0.4, 0.5) is 19.1 Å². The summed E-state index contributed by atoms with van der Waals surface area (Å²) in [4.78, 5) is 21.7. The monoisotopic (exact) mass is 388 g/mol. The zero-order chi connectivity index (χ0) is 20.5. The third-order valence-corrected chi connectivity index (χ3v) is 5.20. The van der Waals surface area contributed by atoms with Gasteiger partial charge in [0.1, 0.15) is 11.3 Å². The van der Waals surface area contributed by atoms with Gasteiger partial charge in [-0.1, -0.05) is 27.7 Å². The van der Waals surface area contributed by atoms with Crippen molar-refractivity contribution in [3.63, 3.8) is 0 Å². The molecule has 1 aliphatic rings. The third kappa shape index (κ3) is 5.09. The number of ether oxygens (including phenoxy) is 1. The van der Waals surface area contributed by atoms with Crippen LogP contribution in [0, 0.1) is 11.3 Å². The second-order valence-corrected chi connectivity index (χ2v) is 8.02. The molecule has 2 heterocycles. The molecule has 9 heteroatoms. The van der Waals surface area contributed by atoms with Crippen LogP contribution in [0.3, 0.4) is 0 Å². The van der Waals surface area contributed by atoms with Crippen molar-refractivity contribution < 1.29 is 22.7 Å². The van der Waals surface area contributed by atoms with Crippen molar-refractivity contribution >= 4 is 11.9 Å². The van der Waals surface area contributed by atoms with Gasteiger partial charge < -0.3 is 15.0 Å². The number of anilines is 1. The second-order valence-electron chi connectivity index (χ2n) is 8.02. The molecular formula is C18H27F3N4O2. The maximum absolute atomic E-state index is 12.9. The Morgan fingerprint density at radius 1 is 1.41 bits per heavy atom. The van der Waals surface area contributed by atoms with Gasteiger partial charge in [0, 0.05) is 24.7 Å². The van der Waals surface area contributed by atoms with Gasteiger partial charge in [-0.15, -0.1) is 0 Å². The Morgan fingerprint density at radius 2 is 2.07 bits per heavy atom. The molecule has 1 aromatic rings. The summed E-state index contributed by atoms with van der Waals surface area (Å²) in [7, 11) is 0. The molecule has 0 saturated carbocycles. The number of morpholine rings is 1. The molecule has 1 saturated heterocycles. The Morgan fingerprint density at radius 3 is 2.67 bits per heavy atom. The highest BCUT2D eigenvalue weighted by molar-refractivity contribution is 5.82. The van der Waals surface area contributed by atoms with E-state index in [9.17, 15) is 18.0 Å². The first-order chi connectivity index (χ1) is 12.3. The number of nitrogens with zero attached hydrogens (tertiary/aromatic N) is 3. The Bertz CT molecular complexity index is 679. The molecule has 0 spiro atoms. The maximum atomic E-state index is 12.9. The van der Waals surface area contributed by atoms with Gasteiger partial charge in [0.15, 0.2) is 0 Å². The van der Waals surface area contributed by atoms with Crippen LogP contribution >= 0.6 is 0 Å². The van der Waals surface area contributed by atoms with Gasteiger partial charge in [-0.25, -0.2) is 9.97 Å². The van der Waals surface area contributed by atoms with Gasteiger partial charge in [-0.05, 0) is 18.9 Å². The van der Waals surface area contributed by atoms with Crippen molar-refractivity contribution in [1.82, 2.24) is 15.3 Å². The van der Waals surface area contributed by atoms with Crippen molar-refractivity contribution in [2.24, 2.45) is 11.3 Å². The quantitative estimate of drug-likeness (QED) is 0.840. The van der Waals surface area contributed by atoms with Crippen LogP contribution in [0.15, 0.2) is 12.3 Å². The van der Waals surface area contributed by atoms with E-state index in [1.165, 1.54) is 0 Å². The van der Waals surface area contributed by atoms with Gasteiger partial charge in [-0.3, -0.25) is 4.79 Å². The highest BCUT2D eigenvalue weighted by Gasteiger charge is 2.38. The largest absolute Gasteiger partial charge is 0.433 e. The lowest BCUT2D eigenvalue weighted by molar-refractivity contribution is -0.141. The number of halogens is 3. The Balaban J connectivity index is 2.08. The zero-order valence-electron chi connectivity index (χ0n) is 16.4. The number of carbonyl (C=O) groups excluding carboxylic acids is 1. The molecule has 152 valence electrons. The molecule has 1 N–H and O–H groups in total. The van der Waals surface area contributed by atoms with Gasteiger partial charge in [0.25, 0.3) is 0 Å². The fraction of sp³-hybridized carbons (Fsp3) is 0.722. The van der Waals surface area contributed by atoms with E-state index < -0.39 is 22.9 Å². The third-order valence-electron chi connectivity index (χ3n) is 5.20. The van der Waals surface area contributed by atoms with Crippen molar-refractivity contribution in [3.05, 3.63) is 18.0 Å². The predicted octanol–water partition coefficient (Wildman–Crippen LogP) is 2.89. The SMILES string of the molecule is CC(C)C(C)(C)C(=O)NCC1(C)CN(c2nccc(C(F)(F)F)n2)CCO1. The van der Waals surface area contributed by atoms with E-state index in [1.807, 2.05) is 34.6 Å². The van der Waals surface area contributed by atoms with Crippen LogP contribution in [0.2, 0.25) is 0 Å². The first kappa shape index (κ1) is 21.4. The zero-order valence-corrected chi connectivity index (χ0v) is 16.4. The molecule has 1 amide bonds. The summed E-state index contributed by atoms with van der Waals surface area (Å²) in [5.74, 6) is 0.0792. The summed E-state index contributed by atoms with van der Waals surface area (Å²) < 4.78 is 44.5. The summed E-state index contributed by atoms with van der Waals surface area (Å²) in [5, 5.41) is 2.91. The lowest BCUT2D eigenvalue weighted by Gasteiger charge is -2.41. The summed E-state index contributed by atoms with van der Waals surface area (Å²) >= 11 is 0. The summed E-state index contributed by atoms with van der Waals surface area (Å²) in [6.45, 7) is 10.7. The molecule has 1 aromatic heterocycles. The van der Waals surface area contributed by atoms with E-state index in [1.54, 1.807) is 4.90 Å². The number of amides is 1. The van der Waals surface area contributed by atoms with Crippen LogP contribution in [-0.2, 0) is 15.7 Å². The van der Waals surface area contributed by atoms with E-state index in [2.05, 4.69) is 15.3 Å². The molecule has 0 bridgehead atoms. The van der Waals surface area contributed by atoms with E-state index in [0.717, 1.165) is 12.3 Å². The van der Waals surface area contributed by atoms with Gasteiger partial charge in [-0.2, -0.15) is 13.2 Å². The standard InChI is InChI=1S/C18H27F3N4O2/c1-12(2)16(3,4)14(26)23-10-17(5)11-25(8-9-27-17)15-22-7-6-13(24-15)18(19,20)21/h6-7,12H,8-11H2,1-5H3,(H,23,26). The van der Waals surface area contributed by atoms with Gasteiger partial charge in [0.05, 0.1) is 13.2 Å². The lowest BCUT2D eigenvalue weighted by atomic mass is 9.80. The molecule has 1 unspecified atom stereocenters. The maximum Gasteiger partial charge on any atom is 0.433 e. The summed E-state index contributed by atoms with van der Waals surface area (Å²) in [6, 6.07) is 0.845. The molecule has 1 atom stereocenters. The molecule has 6 nitrogen and oxygen atoms in total. The first-order valence-electron chi connectivity index (χ1n) is 8.92. The topological polar surface area (TPSA) is 67.4 Å². The fourth-order valence-corrected chi connectivity index (χ4v) is 2.62. The minimum Gasteiger partial charge on any atom is -0.370 e. The number of hydrogen-bond donors (Lipinski definition) is 1. The molecule has 27 heavy (non-hydrogen) atoms. The van der Waals surface area contributed by atoms with Crippen LogP contribution in [0.5, 0.6) is 0 Å². The molecule has 0 aliphatic carbocycles. The Labute approximate surface area is 157 Å². The second kappa shape index (κ2) is 7.61. The number of aromatic nitrogens is 2. The van der Waals surface area contributed by atoms with Crippen LogP contribution in [0.25, 0.3) is 0 Å². The van der Waals surface area contributed by atoms with E-state index in [0.29, 0.717) is 13.2 Å². The van der Waals surface area contributed by atoms with Gasteiger partial charge in [0.2, 0.25) is 11.9 Å². The number of hydrogen-bond acceptors (Lipinski definition) is 5. The van der Waals surface area contributed by atoms with Crippen molar-refractivity contribution in [2.75, 3.05) is 31.1 Å². The molecule has 2 rings (SSSR count). The Kier molecular flexibility index (Phi) is 6.03. The lowest BCUT2D eigenvalue weighted by Crippen LogP contribution is -2.57. The average Bonchev–Trinajstić information content (AvgIpc) is 2.59. The van der Waals surface area contributed by atoms with Crippen molar-refractivity contribution in [1.29, 1.82) is 0 Å². The molecule has 1 fully saturated rings. The van der Waals surface area contributed by atoms with Gasteiger partial charge >= 0.3 is 6.18 Å². The summed E-state index contributed by atoms with van der Waals surface area (Å²) in [6.07, 6.45) is -3.42. The minimum atomic E-state index is -4.52. The minimum absolute atomic E-state index is 0.00758. The normalized spacial score (nSPS) is 21.4. The number of carbonyl (C=O) groups is 1. The smallest absolute Gasteiger partial charge is 0.370 e. The fourth-order valence-electron chi connectivity index (χ4n) is 2.62. The summed E-state index contributed by atoms with van der Waals surface area (Å²) in [5.41, 5.74) is -2.26. The highest BCUT2D eigenvalue weighted by atomic mass is 19.4. The molecule has 1 aliphatic heterocycles. The molecular weight excluding hydrogens is 361 g/mol. The van der Waals surface area contributed by atoms with E-state index in [4.69, 9.17) is 4.74 Å². The molecule has 0 aromatic carbocycles. The van der Waals surface area contributed by atoms with Crippen LogP contribution in [-0.4, -0.2) is 47.7 Å². The van der Waals surface area contributed by atoms with Crippen molar-refractivity contribution in [3.8, 4) is 0 Å². The number of rotatable bonds is 5.